The van der Waals surface area contributed by atoms with E-state index in [0.29, 0.717) is 35.5 Å². The van der Waals surface area contributed by atoms with Gasteiger partial charge >= 0.3 is 0 Å². The minimum atomic E-state index is -2.98. The van der Waals surface area contributed by atoms with Gasteiger partial charge in [0.25, 0.3) is 23.5 Å². The Balaban J connectivity index is 1.43. The third kappa shape index (κ3) is 3.98. The average molecular weight is 497 g/mol. The van der Waals surface area contributed by atoms with Gasteiger partial charge in [-0.2, -0.15) is 0 Å². The number of aromatic nitrogens is 4. The summed E-state index contributed by atoms with van der Waals surface area (Å²) in [5, 5.41) is 13.1. The lowest BCUT2D eigenvalue weighted by Crippen LogP contribution is -2.61. The van der Waals surface area contributed by atoms with Crippen molar-refractivity contribution in [3.8, 4) is 0 Å². The fourth-order valence-corrected chi connectivity index (χ4v) is 5.26. The fraction of sp³-hybridized carbons (Fsp3) is 0.400. The number of aryl methyl sites for hydroxylation is 2. The number of benzene rings is 1. The molecule has 1 saturated carbocycles. The third-order valence-corrected chi connectivity index (χ3v) is 6.93. The van der Waals surface area contributed by atoms with Crippen molar-refractivity contribution in [3.63, 3.8) is 0 Å². The van der Waals surface area contributed by atoms with E-state index >= 15 is 0 Å². The monoisotopic (exact) mass is 496 g/mol. The minimum Gasteiger partial charge on any atom is -0.341 e. The van der Waals surface area contributed by atoms with Crippen molar-refractivity contribution in [2.24, 2.45) is 7.05 Å². The molecular formula is C25H26F2N6O3. The Hall–Kier alpha value is -3.89. The molecule has 11 heteroatoms. The highest BCUT2D eigenvalue weighted by molar-refractivity contribution is 6.43. The number of nitrogens with one attached hydrogen (secondary N) is 2. The number of amides is 2. The van der Waals surface area contributed by atoms with E-state index in [4.69, 9.17) is 0 Å². The van der Waals surface area contributed by atoms with Crippen LogP contribution in [0.5, 0.6) is 0 Å². The van der Waals surface area contributed by atoms with Gasteiger partial charge in [-0.05, 0) is 44.4 Å². The number of alkyl halides is 2. The van der Waals surface area contributed by atoms with Gasteiger partial charge in [0.1, 0.15) is 5.69 Å². The van der Waals surface area contributed by atoms with Gasteiger partial charge in [0, 0.05) is 37.8 Å². The lowest BCUT2D eigenvalue weighted by atomic mass is 9.71. The molecule has 3 aromatic rings. The molecule has 188 valence electrons. The number of rotatable bonds is 6. The lowest BCUT2D eigenvalue weighted by Gasteiger charge is -2.46. The molecule has 0 unspecified atom stereocenters. The largest absolute Gasteiger partial charge is 0.341 e. The Kier molecular flexibility index (Phi) is 5.53. The molecule has 1 aromatic carbocycles. The van der Waals surface area contributed by atoms with Crippen LogP contribution in [0.2, 0.25) is 0 Å². The molecular weight excluding hydrogens is 470 g/mol. The van der Waals surface area contributed by atoms with E-state index < -0.39 is 36.0 Å². The van der Waals surface area contributed by atoms with E-state index in [2.05, 4.69) is 20.9 Å². The van der Waals surface area contributed by atoms with Gasteiger partial charge in [0.2, 0.25) is 0 Å². The molecule has 0 saturated heterocycles. The molecule has 1 aliphatic heterocycles. The molecule has 2 amide bonds. The van der Waals surface area contributed by atoms with Gasteiger partial charge in [-0.15, -0.1) is 5.10 Å². The van der Waals surface area contributed by atoms with E-state index in [1.165, 1.54) is 10.9 Å². The van der Waals surface area contributed by atoms with Gasteiger partial charge < -0.3 is 15.2 Å². The second-order valence-corrected chi connectivity index (χ2v) is 9.72. The van der Waals surface area contributed by atoms with Crippen molar-refractivity contribution in [1.82, 2.24) is 24.9 Å². The van der Waals surface area contributed by atoms with Crippen LogP contribution in [0.1, 0.15) is 62.6 Å². The Labute approximate surface area is 205 Å². The molecule has 3 heterocycles. The summed E-state index contributed by atoms with van der Waals surface area (Å²) in [6.07, 6.45) is 1.41. The summed E-state index contributed by atoms with van der Waals surface area (Å²) >= 11 is 0. The van der Waals surface area contributed by atoms with E-state index in [9.17, 15) is 23.2 Å². The van der Waals surface area contributed by atoms with Crippen LogP contribution in [0.15, 0.2) is 30.5 Å². The summed E-state index contributed by atoms with van der Waals surface area (Å²) in [6, 6.07) is 7.34. The second kappa shape index (κ2) is 8.35. The molecule has 0 radical (unpaired) electrons. The second-order valence-electron chi connectivity index (χ2n) is 9.72. The Morgan fingerprint density at radius 3 is 2.39 bits per heavy atom. The van der Waals surface area contributed by atoms with Gasteiger partial charge in [-0.3, -0.25) is 19.1 Å². The number of hydrogen-bond acceptors (Lipinski definition) is 5. The lowest BCUT2D eigenvalue weighted by molar-refractivity contribution is -0.148. The van der Waals surface area contributed by atoms with Gasteiger partial charge in [0.05, 0.1) is 23.0 Å². The molecule has 36 heavy (non-hydrogen) atoms. The maximum atomic E-state index is 13.9. The molecule has 0 bridgehead atoms. The summed E-state index contributed by atoms with van der Waals surface area (Å²) in [6.45, 7) is 4.06. The molecule has 1 aliphatic carbocycles. The molecule has 5 rings (SSSR count). The molecule has 2 N–H and O–H groups in total. The number of hydrogen-bond donors (Lipinski definition) is 2. The van der Waals surface area contributed by atoms with Gasteiger partial charge in [0.15, 0.2) is 0 Å². The average Bonchev–Trinajstić information content (AvgIpc) is 3.49. The summed E-state index contributed by atoms with van der Waals surface area (Å²) < 4.78 is 30.8. The predicted molar refractivity (Wildman–Crippen MR) is 126 cm³/mol. The number of halogens is 2. The zero-order valence-electron chi connectivity index (χ0n) is 20.2. The maximum Gasteiger partial charge on any atom is 0.294 e. The Bertz CT molecular complexity index is 1380. The first kappa shape index (κ1) is 23.8. The van der Waals surface area contributed by atoms with Crippen LogP contribution in [0, 0.1) is 13.8 Å². The standard InChI is InChI=1S/C25H26F2N6O3/c1-14-6-8-16(9-7-14)28-22(35)19-15(2)20(33-10-4-5-17(19)33)21(34)23(36)29-24(12-25(26,27)13-24)18-11-32(3)31-30-18/h6-9,11H,4-5,10,12-13H2,1-3H3,(H,28,35)(H,29,36). The van der Waals surface area contributed by atoms with E-state index in [1.807, 2.05) is 19.1 Å². The zero-order valence-corrected chi connectivity index (χ0v) is 20.2. The molecule has 0 spiro atoms. The first-order valence-corrected chi connectivity index (χ1v) is 11.7. The number of carbonyl (C=O) groups excluding carboxylic acids is 3. The summed E-state index contributed by atoms with van der Waals surface area (Å²) in [4.78, 5) is 39.7. The highest BCUT2D eigenvalue weighted by Crippen LogP contribution is 2.51. The number of fused-ring (bicyclic) bond motifs is 1. The predicted octanol–water partition coefficient (Wildman–Crippen LogP) is 3.06. The topological polar surface area (TPSA) is 111 Å². The van der Waals surface area contributed by atoms with Crippen molar-refractivity contribution in [3.05, 3.63) is 64.2 Å². The molecule has 1 fully saturated rings. The fourth-order valence-electron chi connectivity index (χ4n) is 5.26. The van der Waals surface area contributed by atoms with Crippen LogP contribution in [-0.2, 0) is 30.3 Å². The number of nitrogens with zero attached hydrogens (tertiary/aromatic N) is 4. The zero-order chi connectivity index (χ0) is 25.8. The Morgan fingerprint density at radius 2 is 1.78 bits per heavy atom. The number of Topliss-reactive ketones (excluding diaryl/α,β-unsaturated/α-hetero) is 1. The van der Waals surface area contributed by atoms with E-state index in [-0.39, 0.29) is 17.3 Å². The van der Waals surface area contributed by atoms with Crippen LogP contribution < -0.4 is 10.6 Å². The normalized spacial score (nSPS) is 17.2. The number of carbonyl (C=O) groups is 3. The smallest absolute Gasteiger partial charge is 0.294 e. The molecule has 0 atom stereocenters. The van der Waals surface area contributed by atoms with Crippen molar-refractivity contribution >= 4 is 23.3 Å². The highest BCUT2D eigenvalue weighted by Gasteiger charge is 2.60. The van der Waals surface area contributed by atoms with Crippen molar-refractivity contribution in [2.45, 2.75) is 57.5 Å². The number of ketones is 1. The van der Waals surface area contributed by atoms with Gasteiger partial charge in [-0.25, -0.2) is 8.78 Å². The van der Waals surface area contributed by atoms with Crippen LogP contribution in [0.3, 0.4) is 0 Å². The van der Waals surface area contributed by atoms with E-state index in [0.717, 1.165) is 12.0 Å². The van der Waals surface area contributed by atoms with Crippen LogP contribution in [0.4, 0.5) is 14.5 Å². The Morgan fingerprint density at radius 1 is 1.08 bits per heavy atom. The van der Waals surface area contributed by atoms with Crippen LogP contribution in [-0.4, -0.2) is 43.1 Å². The summed E-state index contributed by atoms with van der Waals surface area (Å²) in [7, 11) is 1.59. The minimum absolute atomic E-state index is 0.106. The first-order chi connectivity index (χ1) is 17.0. The van der Waals surface area contributed by atoms with Crippen molar-refractivity contribution in [1.29, 1.82) is 0 Å². The SMILES string of the molecule is Cc1ccc(NC(=O)c2c(C)c(C(=O)C(=O)NC3(c4cn(C)nn4)CC(F)(F)C3)n3c2CCC3)cc1. The van der Waals surface area contributed by atoms with Crippen LogP contribution >= 0.6 is 0 Å². The summed E-state index contributed by atoms with van der Waals surface area (Å²) in [5.74, 6) is -5.24. The van der Waals surface area contributed by atoms with Gasteiger partial charge in [-0.1, -0.05) is 22.9 Å². The number of anilines is 1. The third-order valence-electron chi connectivity index (χ3n) is 6.93. The maximum absolute atomic E-state index is 13.9. The summed E-state index contributed by atoms with van der Waals surface area (Å²) in [5.41, 5.74) is 1.91. The van der Waals surface area contributed by atoms with Crippen LogP contribution in [0.25, 0.3) is 0 Å². The first-order valence-electron chi connectivity index (χ1n) is 11.7. The molecule has 2 aromatic heterocycles. The quantitative estimate of drug-likeness (QED) is 0.403. The molecule has 2 aliphatic rings. The van der Waals surface area contributed by atoms with Crippen molar-refractivity contribution in [2.75, 3.05) is 5.32 Å². The highest BCUT2D eigenvalue weighted by atomic mass is 19.3. The molecule has 9 nitrogen and oxygen atoms in total. The van der Waals surface area contributed by atoms with Crippen molar-refractivity contribution < 1.29 is 23.2 Å². The van der Waals surface area contributed by atoms with E-state index in [1.54, 1.807) is 30.7 Å².